The second kappa shape index (κ2) is 7.16. The van der Waals surface area contributed by atoms with Gasteiger partial charge in [-0.05, 0) is 31.4 Å². The Morgan fingerprint density at radius 2 is 2.09 bits per heavy atom. The van der Waals surface area contributed by atoms with Gasteiger partial charge in [-0.25, -0.2) is 4.39 Å². The van der Waals surface area contributed by atoms with Gasteiger partial charge in [0.1, 0.15) is 5.82 Å². The molecule has 3 nitrogen and oxygen atoms in total. The van der Waals surface area contributed by atoms with Crippen LogP contribution in [0.3, 0.4) is 0 Å². The van der Waals surface area contributed by atoms with Gasteiger partial charge in [-0.1, -0.05) is 38.2 Å². The number of hydrogen-bond acceptors (Lipinski definition) is 1. The van der Waals surface area contributed by atoms with Crippen molar-refractivity contribution in [2.75, 3.05) is 6.54 Å². The fraction of sp³-hybridized carbons (Fsp3) is 0.526. The van der Waals surface area contributed by atoms with E-state index in [4.69, 9.17) is 0 Å². The van der Waals surface area contributed by atoms with Crippen LogP contribution in [-0.2, 0) is 6.54 Å². The molecule has 1 heterocycles. The predicted octanol–water partition coefficient (Wildman–Crippen LogP) is 4.50. The third-order valence-electron chi connectivity index (χ3n) is 5.00. The van der Waals surface area contributed by atoms with Crippen LogP contribution >= 0.6 is 0 Å². The summed E-state index contributed by atoms with van der Waals surface area (Å²) in [7, 11) is 0. The summed E-state index contributed by atoms with van der Waals surface area (Å²) in [6, 6.07) is 4.97. The number of fused-ring (bicyclic) bond motifs is 1. The summed E-state index contributed by atoms with van der Waals surface area (Å²) < 4.78 is 16.1. The first kappa shape index (κ1) is 16.0. The molecule has 1 aromatic carbocycles. The smallest absolute Gasteiger partial charge is 0.253 e. The molecule has 3 rings (SSSR count). The molecule has 1 aliphatic rings. The van der Waals surface area contributed by atoms with E-state index in [2.05, 4.69) is 5.32 Å². The molecule has 0 atom stereocenters. The molecule has 0 radical (unpaired) electrons. The summed E-state index contributed by atoms with van der Waals surface area (Å²) in [4.78, 5) is 12.5. The monoisotopic (exact) mass is 316 g/mol. The maximum atomic E-state index is 14.2. The van der Waals surface area contributed by atoms with E-state index >= 15 is 0 Å². The van der Waals surface area contributed by atoms with Gasteiger partial charge in [0.2, 0.25) is 0 Å². The lowest BCUT2D eigenvalue weighted by molar-refractivity contribution is 0.0951. The minimum Gasteiger partial charge on any atom is -0.352 e. The van der Waals surface area contributed by atoms with E-state index in [1.54, 1.807) is 12.3 Å². The Kier molecular flexibility index (Phi) is 4.99. The third kappa shape index (κ3) is 3.41. The first-order valence-corrected chi connectivity index (χ1v) is 8.76. The molecular weight excluding hydrogens is 291 g/mol. The number of benzene rings is 1. The molecule has 1 aromatic heterocycles. The number of amides is 1. The van der Waals surface area contributed by atoms with Gasteiger partial charge in [0.15, 0.2) is 0 Å². The maximum Gasteiger partial charge on any atom is 0.253 e. The third-order valence-corrected chi connectivity index (χ3v) is 5.00. The standard InChI is InChI=1S/C19H25FN2O/c1-2-22-13-15(18-16(20)9-6-10-17(18)22)19(23)21-12-11-14-7-4-3-5-8-14/h6,9-10,13-14H,2-5,7-8,11-12H2,1H3,(H,21,23). The van der Waals surface area contributed by atoms with Crippen LogP contribution in [0.5, 0.6) is 0 Å². The normalized spacial score (nSPS) is 15.9. The molecule has 0 spiro atoms. The van der Waals surface area contributed by atoms with Crippen LogP contribution in [0.15, 0.2) is 24.4 Å². The fourth-order valence-electron chi connectivity index (χ4n) is 3.70. The van der Waals surface area contributed by atoms with Crippen LogP contribution in [0.2, 0.25) is 0 Å². The van der Waals surface area contributed by atoms with Crippen molar-refractivity contribution in [3.8, 4) is 0 Å². The van der Waals surface area contributed by atoms with Crippen molar-refractivity contribution in [3.63, 3.8) is 0 Å². The largest absolute Gasteiger partial charge is 0.352 e. The van der Waals surface area contributed by atoms with Gasteiger partial charge in [0, 0.05) is 24.7 Å². The van der Waals surface area contributed by atoms with Crippen molar-refractivity contribution in [3.05, 3.63) is 35.8 Å². The Labute approximate surface area is 136 Å². The van der Waals surface area contributed by atoms with Crippen LogP contribution < -0.4 is 5.32 Å². The van der Waals surface area contributed by atoms with Crippen molar-refractivity contribution in [2.45, 2.75) is 52.0 Å². The first-order chi connectivity index (χ1) is 11.2. The van der Waals surface area contributed by atoms with Crippen LogP contribution in [-0.4, -0.2) is 17.0 Å². The van der Waals surface area contributed by atoms with Crippen molar-refractivity contribution in [1.29, 1.82) is 0 Å². The molecule has 2 aromatic rings. The number of rotatable bonds is 5. The lowest BCUT2D eigenvalue weighted by Gasteiger charge is -2.21. The lowest BCUT2D eigenvalue weighted by Crippen LogP contribution is -2.26. The SMILES string of the molecule is CCn1cc(C(=O)NCCC2CCCCC2)c2c(F)cccc21. The highest BCUT2D eigenvalue weighted by Crippen LogP contribution is 2.26. The highest BCUT2D eigenvalue weighted by Gasteiger charge is 2.18. The van der Waals surface area contributed by atoms with Gasteiger partial charge in [0.25, 0.3) is 5.91 Å². The summed E-state index contributed by atoms with van der Waals surface area (Å²) in [6.07, 6.45) is 9.32. The van der Waals surface area contributed by atoms with Crippen LogP contribution in [0.25, 0.3) is 10.9 Å². The molecule has 1 aliphatic carbocycles. The number of aromatic nitrogens is 1. The first-order valence-electron chi connectivity index (χ1n) is 8.76. The molecule has 0 unspecified atom stereocenters. The molecule has 1 N–H and O–H groups in total. The zero-order chi connectivity index (χ0) is 16.2. The van der Waals surface area contributed by atoms with Crippen molar-refractivity contribution >= 4 is 16.8 Å². The van der Waals surface area contributed by atoms with E-state index in [9.17, 15) is 9.18 Å². The molecule has 1 amide bonds. The Morgan fingerprint density at radius 1 is 1.30 bits per heavy atom. The average molecular weight is 316 g/mol. The summed E-state index contributed by atoms with van der Waals surface area (Å²) in [5.41, 5.74) is 1.23. The number of hydrogen-bond donors (Lipinski definition) is 1. The number of nitrogens with zero attached hydrogens (tertiary/aromatic N) is 1. The van der Waals surface area contributed by atoms with Crippen molar-refractivity contribution < 1.29 is 9.18 Å². The summed E-state index contributed by atoms with van der Waals surface area (Å²) >= 11 is 0. The Morgan fingerprint density at radius 3 is 2.83 bits per heavy atom. The van der Waals surface area contributed by atoms with Crippen molar-refractivity contribution in [1.82, 2.24) is 9.88 Å². The zero-order valence-electron chi connectivity index (χ0n) is 13.8. The van der Waals surface area contributed by atoms with Gasteiger partial charge in [-0.2, -0.15) is 0 Å². The molecule has 4 heteroatoms. The lowest BCUT2D eigenvalue weighted by atomic mass is 9.87. The average Bonchev–Trinajstić information content (AvgIpc) is 2.96. The van der Waals surface area contributed by atoms with Crippen molar-refractivity contribution in [2.24, 2.45) is 5.92 Å². The molecule has 124 valence electrons. The van der Waals surface area contributed by atoms with Gasteiger partial charge < -0.3 is 9.88 Å². The van der Waals surface area contributed by atoms with E-state index in [1.165, 1.54) is 38.2 Å². The van der Waals surface area contributed by atoms with Gasteiger partial charge in [0.05, 0.1) is 11.1 Å². The molecule has 0 bridgehead atoms. The minimum atomic E-state index is -0.327. The van der Waals surface area contributed by atoms with E-state index in [0.29, 0.717) is 17.5 Å². The zero-order valence-corrected chi connectivity index (χ0v) is 13.8. The molecular formula is C19H25FN2O. The quantitative estimate of drug-likeness (QED) is 0.866. The number of aryl methyl sites for hydroxylation is 1. The highest BCUT2D eigenvalue weighted by molar-refractivity contribution is 6.07. The Bertz CT molecular complexity index is 686. The van der Waals surface area contributed by atoms with Gasteiger partial charge >= 0.3 is 0 Å². The van der Waals surface area contributed by atoms with Gasteiger partial charge in [-0.15, -0.1) is 0 Å². The molecule has 0 saturated heterocycles. The Hall–Kier alpha value is -1.84. The molecule has 23 heavy (non-hydrogen) atoms. The second-order valence-corrected chi connectivity index (χ2v) is 6.51. The summed E-state index contributed by atoms with van der Waals surface area (Å²) in [5.74, 6) is 0.244. The predicted molar refractivity (Wildman–Crippen MR) is 91.1 cm³/mol. The molecule has 1 saturated carbocycles. The molecule has 0 aliphatic heterocycles. The van der Waals surface area contributed by atoms with E-state index in [-0.39, 0.29) is 11.7 Å². The van der Waals surface area contributed by atoms with E-state index in [0.717, 1.165) is 24.4 Å². The number of nitrogens with one attached hydrogen (secondary N) is 1. The van der Waals surface area contributed by atoms with Crippen LogP contribution in [0.1, 0.15) is 55.8 Å². The number of carbonyl (C=O) groups excluding carboxylic acids is 1. The van der Waals surface area contributed by atoms with Gasteiger partial charge in [-0.3, -0.25) is 4.79 Å². The highest BCUT2D eigenvalue weighted by atomic mass is 19.1. The summed E-state index contributed by atoms with van der Waals surface area (Å²) in [5, 5.41) is 3.42. The fourth-order valence-corrected chi connectivity index (χ4v) is 3.70. The van der Waals surface area contributed by atoms with Crippen LogP contribution in [0.4, 0.5) is 4.39 Å². The number of carbonyl (C=O) groups is 1. The molecule has 1 fully saturated rings. The maximum absolute atomic E-state index is 14.2. The summed E-state index contributed by atoms with van der Waals surface area (Å²) in [6.45, 7) is 3.39. The topological polar surface area (TPSA) is 34.0 Å². The van der Waals surface area contributed by atoms with E-state index in [1.807, 2.05) is 17.6 Å². The minimum absolute atomic E-state index is 0.164. The number of halogens is 1. The van der Waals surface area contributed by atoms with Crippen LogP contribution in [0, 0.1) is 11.7 Å². The Balaban J connectivity index is 1.70. The second-order valence-electron chi connectivity index (χ2n) is 6.51. The van der Waals surface area contributed by atoms with E-state index < -0.39 is 0 Å².